The van der Waals surface area contributed by atoms with Crippen LogP contribution in [0.5, 0.6) is 0 Å². The molecule has 0 aliphatic heterocycles. The van der Waals surface area contributed by atoms with Gasteiger partial charge in [-0.1, -0.05) is 77.6 Å². The van der Waals surface area contributed by atoms with Gasteiger partial charge in [-0.05, 0) is 6.42 Å². The minimum absolute atomic E-state index is 0. The standard InChI is InChI=1S/C15H30O2.Sr/c1-2-3-4-5-6-7-8-9-10-11-12-13-14-15(16)17;/h2-14H2,1H3,(H,16,17);. The third kappa shape index (κ3) is 19.3. The van der Waals surface area contributed by atoms with Crippen molar-refractivity contribution >= 4 is 51.5 Å². The second kappa shape index (κ2) is 18.0. The molecule has 0 amide bonds. The number of carboxylic acid groups (broad SMARTS) is 1. The maximum Gasteiger partial charge on any atom is 0.303 e. The van der Waals surface area contributed by atoms with Crippen molar-refractivity contribution in [3.63, 3.8) is 0 Å². The van der Waals surface area contributed by atoms with Gasteiger partial charge in [0.25, 0.3) is 0 Å². The van der Waals surface area contributed by atoms with Gasteiger partial charge in [0.15, 0.2) is 0 Å². The molecule has 2 nitrogen and oxygen atoms in total. The topological polar surface area (TPSA) is 37.3 Å². The Balaban J connectivity index is 0. The normalized spacial score (nSPS) is 10.1. The predicted octanol–water partition coefficient (Wildman–Crippen LogP) is 4.78. The number of rotatable bonds is 13. The molecule has 0 aromatic carbocycles. The van der Waals surface area contributed by atoms with Crippen molar-refractivity contribution in [3.05, 3.63) is 0 Å². The first-order chi connectivity index (χ1) is 8.27. The molecule has 0 aromatic heterocycles. The molecule has 0 fully saturated rings. The Kier molecular flexibility index (Phi) is 21.2. The summed E-state index contributed by atoms with van der Waals surface area (Å²) in [5.74, 6) is -0.655. The van der Waals surface area contributed by atoms with Gasteiger partial charge in [0, 0.05) is 51.9 Å². The fraction of sp³-hybridized carbons (Fsp3) is 0.933. The molecule has 104 valence electrons. The number of carbonyl (C=O) groups is 1. The quantitative estimate of drug-likeness (QED) is 0.390. The van der Waals surface area contributed by atoms with Crippen LogP contribution >= 0.6 is 0 Å². The van der Waals surface area contributed by atoms with E-state index in [1.807, 2.05) is 0 Å². The van der Waals surface area contributed by atoms with Gasteiger partial charge in [-0.25, -0.2) is 0 Å². The molecule has 0 aromatic rings. The first kappa shape index (κ1) is 21.3. The molecule has 0 bridgehead atoms. The largest absolute Gasteiger partial charge is 0.481 e. The van der Waals surface area contributed by atoms with E-state index in [1.165, 1.54) is 64.2 Å². The van der Waals surface area contributed by atoms with Crippen LogP contribution in [0, 0.1) is 0 Å². The van der Waals surface area contributed by atoms with Gasteiger partial charge in [0.05, 0.1) is 0 Å². The van der Waals surface area contributed by atoms with Crippen LogP contribution in [0.4, 0.5) is 0 Å². The van der Waals surface area contributed by atoms with Gasteiger partial charge in [-0.3, -0.25) is 4.79 Å². The average molecular weight is 330 g/mol. The van der Waals surface area contributed by atoms with Gasteiger partial charge in [-0.15, -0.1) is 0 Å². The second-order valence-electron chi connectivity index (χ2n) is 5.03. The van der Waals surface area contributed by atoms with E-state index in [9.17, 15) is 4.79 Å². The van der Waals surface area contributed by atoms with E-state index >= 15 is 0 Å². The summed E-state index contributed by atoms with van der Waals surface area (Å²) in [7, 11) is 0. The van der Waals surface area contributed by atoms with Gasteiger partial charge in [0.1, 0.15) is 0 Å². The van der Waals surface area contributed by atoms with Crippen LogP contribution in [0.1, 0.15) is 90.4 Å². The van der Waals surface area contributed by atoms with Crippen LogP contribution in [0.2, 0.25) is 0 Å². The summed E-state index contributed by atoms with van der Waals surface area (Å²) in [6, 6.07) is 0. The van der Waals surface area contributed by atoms with Gasteiger partial charge < -0.3 is 5.11 Å². The summed E-state index contributed by atoms with van der Waals surface area (Å²) in [5.41, 5.74) is 0. The molecule has 0 aliphatic rings. The van der Waals surface area contributed by atoms with Crippen LogP contribution in [0.25, 0.3) is 0 Å². The molecule has 0 saturated heterocycles. The van der Waals surface area contributed by atoms with E-state index in [1.54, 1.807) is 0 Å². The van der Waals surface area contributed by atoms with E-state index in [0.717, 1.165) is 12.8 Å². The Morgan fingerprint density at radius 2 is 1.06 bits per heavy atom. The fourth-order valence-electron chi connectivity index (χ4n) is 2.12. The van der Waals surface area contributed by atoms with Crippen LogP contribution in [-0.4, -0.2) is 56.6 Å². The smallest absolute Gasteiger partial charge is 0.303 e. The maximum absolute atomic E-state index is 10.3. The second-order valence-corrected chi connectivity index (χ2v) is 5.03. The van der Waals surface area contributed by atoms with Crippen molar-refractivity contribution in [2.24, 2.45) is 0 Å². The predicted molar refractivity (Wildman–Crippen MR) is 79.1 cm³/mol. The molecule has 0 heterocycles. The Hall–Kier alpha value is 0.951. The van der Waals surface area contributed by atoms with E-state index in [4.69, 9.17) is 5.11 Å². The third-order valence-electron chi connectivity index (χ3n) is 3.24. The van der Waals surface area contributed by atoms with E-state index < -0.39 is 5.97 Å². The van der Waals surface area contributed by atoms with Crippen molar-refractivity contribution in [1.29, 1.82) is 0 Å². The first-order valence-corrected chi connectivity index (χ1v) is 7.49. The Bertz CT molecular complexity index is 172. The van der Waals surface area contributed by atoms with Gasteiger partial charge in [-0.2, -0.15) is 0 Å². The maximum atomic E-state index is 10.3. The molecule has 0 aliphatic carbocycles. The molecular weight excluding hydrogens is 300 g/mol. The third-order valence-corrected chi connectivity index (χ3v) is 3.24. The molecule has 3 heteroatoms. The molecule has 2 radical (unpaired) electrons. The van der Waals surface area contributed by atoms with Crippen LogP contribution in [0.3, 0.4) is 0 Å². The Labute approximate surface area is 150 Å². The number of hydrogen-bond acceptors (Lipinski definition) is 1. The van der Waals surface area contributed by atoms with Crippen LogP contribution in [0.15, 0.2) is 0 Å². The molecule has 0 atom stereocenters. The van der Waals surface area contributed by atoms with Crippen molar-refractivity contribution < 1.29 is 9.90 Å². The summed E-state index contributed by atoms with van der Waals surface area (Å²) < 4.78 is 0. The Morgan fingerprint density at radius 1 is 0.722 bits per heavy atom. The van der Waals surface area contributed by atoms with Crippen LogP contribution < -0.4 is 0 Å². The van der Waals surface area contributed by atoms with Crippen molar-refractivity contribution in [2.45, 2.75) is 90.4 Å². The summed E-state index contributed by atoms with van der Waals surface area (Å²) in [4.78, 5) is 10.3. The number of carboxylic acids is 1. The summed E-state index contributed by atoms with van der Waals surface area (Å²) in [6.07, 6.45) is 15.8. The van der Waals surface area contributed by atoms with Crippen molar-refractivity contribution in [3.8, 4) is 0 Å². The van der Waals surface area contributed by atoms with Crippen LogP contribution in [-0.2, 0) is 4.79 Å². The monoisotopic (exact) mass is 330 g/mol. The van der Waals surface area contributed by atoms with Crippen molar-refractivity contribution in [2.75, 3.05) is 0 Å². The molecule has 1 N–H and O–H groups in total. The molecule has 0 unspecified atom stereocenters. The number of unbranched alkanes of at least 4 members (excludes halogenated alkanes) is 11. The molecule has 0 spiro atoms. The summed E-state index contributed by atoms with van der Waals surface area (Å²) in [5, 5.41) is 8.47. The van der Waals surface area contributed by atoms with Gasteiger partial charge in [0.2, 0.25) is 0 Å². The molecule has 0 saturated carbocycles. The van der Waals surface area contributed by atoms with E-state index in [-0.39, 0.29) is 45.5 Å². The average Bonchev–Trinajstić information content (AvgIpc) is 2.30. The molecular formula is C15H30O2Sr. The minimum atomic E-state index is -0.655. The minimum Gasteiger partial charge on any atom is -0.481 e. The molecule has 0 rings (SSSR count). The zero-order valence-corrected chi connectivity index (χ0v) is 15.7. The summed E-state index contributed by atoms with van der Waals surface area (Å²) in [6.45, 7) is 2.25. The Morgan fingerprint density at radius 3 is 1.39 bits per heavy atom. The zero-order chi connectivity index (χ0) is 12.8. The van der Waals surface area contributed by atoms with E-state index in [0.29, 0.717) is 6.42 Å². The van der Waals surface area contributed by atoms with E-state index in [2.05, 4.69) is 6.92 Å². The number of hydrogen-bond donors (Lipinski definition) is 1. The van der Waals surface area contributed by atoms with Gasteiger partial charge >= 0.3 is 5.97 Å². The number of aliphatic carboxylic acids is 1. The summed E-state index contributed by atoms with van der Waals surface area (Å²) >= 11 is 0. The first-order valence-electron chi connectivity index (χ1n) is 7.49. The zero-order valence-electron chi connectivity index (χ0n) is 12.3. The molecule has 18 heavy (non-hydrogen) atoms. The fourth-order valence-corrected chi connectivity index (χ4v) is 2.12. The van der Waals surface area contributed by atoms with Crippen molar-refractivity contribution in [1.82, 2.24) is 0 Å². The SMILES string of the molecule is CCCCCCCCCCCCCCC(=O)O.[Sr].